The molecule has 21 heavy (non-hydrogen) atoms. The average molecular weight is 346 g/mol. The van der Waals surface area contributed by atoms with E-state index in [1.54, 1.807) is 38.1 Å². The van der Waals surface area contributed by atoms with Crippen molar-refractivity contribution in [3.8, 4) is 0 Å². The van der Waals surface area contributed by atoms with Gasteiger partial charge in [0.2, 0.25) is 10.0 Å². The highest BCUT2D eigenvalue weighted by molar-refractivity contribution is 7.89. The largest absolute Gasteiger partial charge is 0.389 e. The Balaban J connectivity index is 2.18. The van der Waals surface area contributed by atoms with E-state index >= 15 is 0 Å². The first-order chi connectivity index (χ1) is 9.79. The van der Waals surface area contributed by atoms with Gasteiger partial charge < -0.3 is 5.11 Å². The molecule has 1 aromatic carbocycles. The molecule has 4 nitrogen and oxygen atoms in total. The lowest BCUT2D eigenvalue weighted by Crippen LogP contribution is -2.26. The molecule has 0 aliphatic rings. The van der Waals surface area contributed by atoms with Gasteiger partial charge in [-0.15, -0.1) is 11.3 Å². The molecule has 1 heterocycles. The van der Waals surface area contributed by atoms with Crippen LogP contribution in [0.25, 0.3) is 0 Å². The third-order valence-electron chi connectivity index (χ3n) is 3.03. The number of sulfonamides is 1. The minimum atomic E-state index is -3.61. The molecule has 0 saturated carbocycles. The molecule has 2 rings (SSSR count). The van der Waals surface area contributed by atoms with Crippen LogP contribution in [0.1, 0.15) is 36.4 Å². The molecule has 2 aromatic rings. The van der Waals surface area contributed by atoms with Gasteiger partial charge in [0, 0.05) is 4.88 Å². The summed E-state index contributed by atoms with van der Waals surface area (Å²) in [6, 6.07) is 9.36. The van der Waals surface area contributed by atoms with Crippen LogP contribution in [0.4, 0.5) is 0 Å². The first kappa shape index (κ1) is 16.5. The van der Waals surface area contributed by atoms with Gasteiger partial charge in [-0.1, -0.05) is 23.7 Å². The van der Waals surface area contributed by atoms with Crippen molar-refractivity contribution in [1.82, 2.24) is 4.72 Å². The number of aliphatic hydroxyl groups excluding tert-OH is 1. The zero-order chi connectivity index (χ0) is 15.6. The van der Waals surface area contributed by atoms with Gasteiger partial charge >= 0.3 is 0 Å². The maximum Gasteiger partial charge on any atom is 0.241 e. The number of nitrogens with one attached hydrogen (secondary N) is 1. The second-order valence-electron chi connectivity index (χ2n) is 4.73. The van der Waals surface area contributed by atoms with E-state index in [1.165, 1.54) is 23.5 Å². The van der Waals surface area contributed by atoms with E-state index < -0.39 is 16.1 Å². The lowest BCUT2D eigenvalue weighted by molar-refractivity contribution is 0.199. The van der Waals surface area contributed by atoms with E-state index in [0.717, 1.165) is 4.88 Å². The van der Waals surface area contributed by atoms with Gasteiger partial charge in [-0.05, 0) is 43.7 Å². The Morgan fingerprint density at radius 3 is 2.24 bits per heavy atom. The Morgan fingerprint density at radius 2 is 1.76 bits per heavy atom. The van der Waals surface area contributed by atoms with Gasteiger partial charge in [0.25, 0.3) is 0 Å². The summed E-state index contributed by atoms with van der Waals surface area (Å²) < 4.78 is 27.8. The predicted molar refractivity (Wildman–Crippen MR) is 85.1 cm³/mol. The molecule has 0 aliphatic carbocycles. The van der Waals surface area contributed by atoms with Gasteiger partial charge in [-0.25, -0.2) is 13.1 Å². The standard InChI is InChI=1S/C14H16ClNO3S2/c1-9(13-7-8-14(15)20-13)16-21(18,19)12-5-3-11(4-6-12)10(2)17/h3-10,16-17H,1-2H3. The molecule has 0 fully saturated rings. The van der Waals surface area contributed by atoms with E-state index in [4.69, 9.17) is 11.6 Å². The molecule has 0 saturated heterocycles. The molecule has 2 N–H and O–H groups in total. The maximum absolute atomic E-state index is 12.3. The topological polar surface area (TPSA) is 66.4 Å². The van der Waals surface area contributed by atoms with Crippen LogP contribution in [0.3, 0.4) is 0 Å². The number of aliphatic hydroxyl groups is 1. The van der Waals surface area contributed by atoms with Gasteiger partial charge in [0.15, 0.2) is 0 Å². The molecular formula is C14H16ClNO3S2. The first-order valence-electron chi connectivity index (χ1n) is 6.35. The second-order valence-corrected chi connectivity index (χ2v) is 8.19. The molecular weight excluding hydrogens is 330 g/mol. The van der Waals surface area contributed by atoms with Gasteiger partial charge in [0.1, 0.15) is 0 Å². The monoisotopic (exact) mass is 345 g/mol. The molecule has 0 spiro atoms. The molecule has 0 radical (unpaired) electrons. The molecule has 1 aromatic heterocycles. The summed E-state index contributed by atoms with van der Waals surface area (Å²) in [4.78, 5) is 1.02. The van der Waals surface area contributed by atoms with Crippen molar-refractivity contribution in [2.24, 2.45) is 0 Å². The molecule has 7 heteroatoms. The van der Waals surface area contributed by atoms with E-state index in [2.05, 4.69) is 4.72 Å². The summed E-state index contributed by atoms with van der Waals surface area (Å²) in [5.74, 6) is 0. The van der Waals surface area contributed by atoms with Crippen molar-refractivity contribution in [2.45, 2.75) is 30.9 Å². The summed E-state index contributed by atoms with van der Waals surface area (Å²) >= 11 is 7.20. The highest BCUT2D eigenvalue weighted by Crippen LogP contribution is 2.27. The van der Waals surface area contributed by atoms with Crippen molar-refractivity contribution in [1.29, 1.82) is 0 Å². The Bertz CT molecular complexity index is 708. The summed E-state index contributed by atoms with van der Waals surface area (Å²) in [6.07, 6.45) is -0.623. The second kappa shape index (κ2) is 6.46. The highest BCUT2D eigenvalue weighted by Gasteiger charge is 2.19. The number of thiophene rings is 1. The van der Waals surface area contributed by atoms with Crippen LogP contribution in [0, 0.1) is 0 Å². The van der Waals surface area contributed by atoms with Crippen LogP contribution >= 0.6 is 22.9 Å². The fraction of sp³-hybridized carbons (Fsp3) is 0.286. The van der Waals surface area contributed by atoms with Crippen molar-refractivity contribution in [2.75, 3.05) is 0 Å². The Hall–Kier alpha value is -0.920. The zero-order valence-electron chi connectivity index (χ0n) is 11.6. The average Bonchev–Trinajstić information content (AvgIpc) is 2.85. The van der Waals surface area contributed by atoms with Gasteiger partial charge in [-0.2, -0.15) is 0 Å². The predicted octanol–water partition coefficient (Wildman–Crippen LogP) is 3.49. The first-order valence-corrected chi connectivity index (χ1v) is 9.03. The lowest BCUT2D eigenvalue weighted by atomic mass is 10.1. The lowest BCUT2D eigenvalue weighted by Gasteiger charge is -2.13. The van der Waals surface area contributed by atoms with Crippen LogP contribution in [-0.4, -0.2) is 13.5 Å². The van der Waals surface area contributed by atoms with Crippen molar-refractivity contribution in [3.63, 3.8) is 0 Å². The third-order valence-corrected chi connectivity index (χ3v) is 6.00. The fourth-order valence-electron chi connectivity index (χ4n) is 1.85. The number of hydrogen-bond donors (Lipinski definition) is 2. The van der Waals surface area contributed by atoms with Crippen molar-refractivity contribution >= 4 is 33.0 Å². The summed E-state index contributed by atoms with van der Waals surface area (Å²) in [6.45, 7) is 3.40. The van der Waals surface area contributed by atoms with E-state index in [9.17, 15) is 13.5 Å². The molecule has 2 unspecified atom stereocenters. The molecule has 0 amide bonds. The van der Waals surface area contributed by atoms with Crippen LogP contribution in [0.15, 0.2) is 41.3 Å². The van der Waals surface area contributed by atoms with Crippen LogP contribution in [0.5, 0.6) is 0 Å². The van der Waals surface area contributed by atoms with E-state index in [-0.39, 0.29) is 10.9 Å². The van der Waals surface area contributed by atoms with Crippen LogP contribution in [-0.2, 0) is 10.0 Å². The third kappa shape index (κ3) is 4.05. The van der Waals surface area contributed by atoms with E-state index in [1.807, 2.05) is 0 Å². The molecule has 0 bridgehead atoms. The zero-order valence-corrected chi connectivity index (χ0v) is 14.0. The molecule has 2 atom stereocenters. The normalized spacial score (nSPS) is 14.9. The Morgan fingerprint density at radius 1 is 1.14 bits per heavy atom. The SMILES string of the molecule is CC(O)c1ccc(S(=O)(=O)NC(C)c2ccc(Cl)s2)cc1. The Labute approximate surface area is 133 Å². The number of benzene rings is 1. The highest BCUT2D eigenvalue weighted by atomic mass is 35.5. The van der Waals surface area contributed by atoms with Crippen molar-refractivity contribution < 1.29 is 13.5 Å². The smallest absolute Gasteiger partial charge is 0.241 e. The number of rotatable bonds is 5. The molecule has 0 aliphatic heterocycles. The quantitative estimate of drug-likeness (QED) is 0.871. The number of hydrogen-bond acceptors (Lipinski definition) is 4. The summed E-state index contributed by atoms with van der Waals surface area (Å²) in [7, 11) is -3.61. The van der Waals surface area contributed by atoms with Gasteiger partial charge in [-0.3, -0.25) is 0 Å². The number of halogens is 1. The fourth-order valence-corrected chi connectivity index (χ4v) is 4.21. The Kier molecular flexibility index (Phi) is 5.06. The summed E-state index contributed by atoms with van der Waals surface area (Å²) in [5.41, 5.74) is 0.673. The molecule has 114 valence electrons. The van der Waals surface area contributed by atoms with Crippen LogP contribution in [0.2, 0.25) is 4.34 Å². The maximum atomic E-state index is 12.3. The minimum absolute atomic E-state index is 0.168. The summed E-state index contributed by atoms with van der Waals surface area (Å²) in [5, 5.41) is 9.44. The minimum Gasteiger partial charge on any atom is -0.389 e. The van der Waals surface area contributed by atoms with Gasteiger partial charge in [0.05, 0.1) is 21.4 Å². The van der Waals surface area contributed by atoms with Crippen LogP contribution < -0.4 is 4.72 Å². The van der Waals surface area contributed by atoms with Crippen molar-refractivity contribution in [3.05, 3.63) is 51.2 Å². The van der Waals surface area contributed by atoms with E-state index in [0.29, 0.717) is 9.90 Å².